The average Bonchev–Trinajstić information content (AvgIpc) is 2.51. The average molecular weight is 250 g/mol. The SMILES string of the molecule is [CH2-]C.[CH2-]C.[Cl-].[Zr+4].c1cc[cH-]c1. The van der Waals surface area contributed by atoms with Crippen LogP contribution in [0, 0.1) is 13.8 Å². The molecule has 0 aromatic heterocycles. The van der Waals surface area contributed by atoms with Crippen LogP contribution in [0.5, 0.6) is 0 Å². The van der Waals surface area contributed by atoms with E-state index in [1.165, 1.54) is 0 Å². The monoisotopic (exact) mass is 248 g/mol. The van der Waals surface area contributed by atoms with E-state index in [0.29, 0.717) is 0 Å². The molecule has 0 saturated carbocycles. The number of halogens is 1. The fourth-order valence-electron chi connectivity index (χ4n) is 0.321. The Morgan fingerprint density at radius 2 is 1.18 bits per heavy atom. The summed E-state index contributed by atoms with van der Waals surface area (Å²) in [5.41, 5.74) is 0. The van der Waals surface area contributed by atoms with Crippen molar-refractivity contribution in [2.75, 3.05) is 0 Å². The van der Waals surface area contributed by atoms with E-state index in [-0.39, 0.29) is 38.6 Å². The van der Waals surface area contributed by atoms with Crippen molar-refractivity contribution in [2.24, 2.45) is 0 Å². The normalized spacial score (nSPS) is 4.73. The predicted molar refractivity (Wildman–Crippen MR) is 44.1 cm³/mol. The minimum atomic E-state index is 0. The first-order valence-corrected chi connectivity index (χ1v) is 3.08. The van der Waals surface area contributed by atoms with Crippen LogP contribution in [-0.4, -0.2) is 0 Å². The summed E-state index contributed by atoms with van der Waals surface area (Å²) in [6, 6.07) is 10.0. The molecule has 1 aromatic carbocycles. The quantitative estimate of drug-likeness (QED) is 0.572. The maximum absolute atomic E-state index is 3.25. The third-order valence-corrected chi connectivity index (χ3v) is 0.556. The topological polar surface area (TPSA) is 0 Å². The molecule has 0 aliphatic rings. The van der Waals surface area contributed by atoms with Crippen molar-refractivity contribution in [2.45, 2.75) is 13.8 Å². The zero-order valence-electron chi connectivity index (χ0n) is 7.18. The molecular weight excluding hydrogens is 235 g/mol. The molecule has 0 aliphatic carbocycles. The van der Waals surface area contributed by atoms with Crippen LogP contribution in [0.3, 0.4) is 0 Å². The molecule has 0 N–H and O–H groups in total. The van der Waals surface area contributed by atoms with Gasteiger partial charge in [-0.1, -0.05) is 0 Å². The summed E-state index contributed by atoms with van der Waals surface area (Å²) in [7, 11) is 0. The summed E-state index contributed by atoms with van der Waals surface area (Å²) in [4.78, 5) is 0. The smallest absolute Gasteiger partial charge is 1.00 e. The summed E-state index contributed by atoms with van der Waals surface area (Å²) >= 11 is 0. The molecule has 0 radical (unpaired) electrons. The van der Waals surface area contributed by atoms with Crippen LogP contribution in [0.15, 0.2) is 30.3 Å². The summed E-state index contributed by atoms with van der Waals surface area (Å²) in [6.45, 7) is 10.0. The Balaban J connectivity index is -0.0000000369. The Hall–Kier alpha value is 0.523. The van der Waals surface area contributed by atoms with Gasteiger partial charge in [0.25, 0.3) is 0 Å². The van der Waals surface area contributed by atoms with Gasteiger partial charge in [0.05, 0.1) is 0 Å². The van der Waals surface area contributed by atoms with Gasteiger partial charge in [-0.3, -0.25) is 0 Å². The second-order valence-electron chi connectivity index (χ2n) is 0.962. The first-order valence-electron chi connectivity index (χ1n) is 3.08. The van der Waals surface area contributed by atoms with Crippen molar-refractivity contribution in [3.8, 4) is 0 Å². The van der Waals surface area contributed by atoms with Crippen molar-refractivity contribution in [3.05, 3.63) is 44.2 Å². The van der Waals surface area contributed by atoms with Gasteiger partial charge in [-0.25, -0.2) is 12.1 Å². The number of hydrogen-bond donors (Lipinski definition) is 0. The predicted octanol–water partition coefficient (Wildman–Crippen LogP) is 0.0878. The molecule has 62 valence electrons. The van der Waals surface area contributed by atoms with Gasteiger partial charge in [0, 0.05) is 0 Å². The fourth-order valence-corrected chi connectivity index (χ4v) is 0.321. The van der Waals surface area contributed by atoms with E-state index < -0.39 is 0 Å². The number of rotatable bonds is 0. The van der Waals surface area contributed by atoms with E-state index >= 15 is 0 Å². The van der Waals surface area contributed by atoms with E-state index in [1.807, 2.05) is 30.3 Å². The van der Waals surface area contributed by atoms with Gasteiger partial charge in [0.15, 0.2) is 0 Å². The molecule has 0 unspecified atom stereocenters. The third-order valence-electron chi connectivity index (χ3n) is 0.556. The Bertz CT molecular complexity index is 66.0. The van der Waals surface area contributed by atoms with Gasteiger partial charge in [-0.15, -0.1) is 0 Å². The van der Waals surface area contributed by atoms with Gasteiger partial charge >= 0.3 is 26.2 Å². The summed E-state index contributed by atoms with van der Waals surface area (Å²) < 4.78 is 0. The van der Waals surface area contributed by atoms with Crippen LogP contribution in [0.4, 0.5) is 0 Å². The molecule has 1 aromatic rings. The van der Waals surface area contributed by atoms with E-state index in [2.05, 4.69) is 13.8 Å². The van der Waals surface area contributed by atoms with Gasteiger partial charge in [-0.05, 0) is 0 Å². The molecule has 0 bridgehead atoms. The molecule has 0 heterocycles. The van der Waals surface area contributed by atoms with Crippen LogP contribution in [0.25, 0.3) is 0 Å². The molecule has 0 spiro atoms. The standard InChI is InChI=1S/C5H5.2C2H5.ClH.Zr/c1-2-4-5-3-1;2*1-2;;/h1-5H;2*1H2,2H3;1H;/q3*-1;;+4/p-1. The Labute approximate surface area is 96.3 Å². The first kappa shape index (κ1) is 22.5. The molecule has 11 heavy (non-hydrogen) atoms. The molecule has 0 amide bonds. The van der Waals surface area contributed by atoms with Crippen LogP contribution in [0.2, 0.25) is 0 Å². The summed E-state index contributed by atoms with van der Waals surface area (Å²) in [6.07, 6.45) is 0. The maximum Gasteiger partial charge on any atom is 4.00 e. The zero-order chi connectivity index (χ0) is 7.54. The van der Waals surface area contributed by atoms with Gasteiger partial charge < -0.3 is 26.3 Å². The largest absolute Gasteiger partial charge is 4.00 e. The Morgan fingerprint density at radius 1 is 0.909 bits per heavy atom. The van der Waals surface area contributed by atoms with E-state index in [4.69, 9.17) is 0 Å². The Morgan fingerprint density at radius 3 is 1.27 bits per heavy atom. The summed E-state index contributed by atoms with van der Waals surface area (Å²) in [5.74, 6) is 0. The molecule has 0 saturated heterocycles. The van der Waals surface area contributed by atoms with Gasteiger partial charge in [-0.2, -0.15) is 32.0 Å². The second-order valence-corrected chi connectivity index (χ2v) is 0.962. The van der Waals surface area contributed by atoms with Gasteiger partial charge in [0.1, 0.15) is 0 Å². The molecule has 0 fully saturated rings. The Kier molecular flexibility index (Phi) is 64.1. The van der Waals surface area contributed by atoms with Crippen LogP contribution in [-0.2, 0) is 26.2 Å². The van der Waals surface area contributed by atoms with E-state index in [9.17, 15) is 0 Å². The molecule has 0 atom stereocenters. The first-order chi connectivity index (χ1) is 4.50. The van der Waals surface area contributed by atoms with Crippen molar-refractivity contribution >= 4 is 0 Å². The van der Waals surface area contributed by atoms with Crippen LogP contribution in [0.1, 0.15) is 13.8 Å². The van der Waals surface area contributed by atoms with Crippen molar-refractivity contribution < 1.29 is 38.6 Å². The molecule has 2 heteroatoms. The molecule has 0 nitrogen and oxygen atoms in total. The third kappa shape index (κ3) is 25.1. The van der Waals surface area contributed by atoms with Crippen molar-refractivity contribution in [1.82, 2.24) is 0 Å². The van der Waals surface area contributed by atoms with Crippen molar-refractivity contribution in [1.29, 1.82) is 0 Å². The molecule has 1 rings (SSSR count). The zero-order valence-corrected chi connectivity index (χ0v) is 10.4. The van der Waals surface area contributed by atoms with Crippen LogP contribution < -0.4 is 12.4 Å². The van der Waals surface area contributed by atoms with Gasteiger partial charge in [0.2, 0.25) is 0 Å². The minimum absolute atomic E-state index is 0. The van der Waals surface area contributed by atoms with E-state index in [0.717, 1.165) is 0 Å². The minimum Gasteiger partial charge on any atom is -1.00 e. The summed E-state index contributed by atoms with van der Waals surface area (Å²) in [5, 5.41) is 0. The van der Waals surface area contributed by atoms with E-state index in [1.54, 1.807) is 13.8 Å². The molecular formula is C9H15ClZr. The molecule has 0 aliphatic heterocycles. The second kappa shape index (κ2) is 31.3. The van der Waals surface area contributed by atoms with Crippen LogP contribution >= 0.6 is 0 Å². The number of hydrogen-bond acceptors (Lipinski definition) is 0. The maximum atomic E-state index is 3.25. The van der Waals surface area contributed by atoms with Crippen molar-refractivity contribution in [3.63, 3.8) is 0 Å². The fraction of sp³-hybridized carbons (Fsp3) is 0.222.